The van der Waals surface area contributed by atoms with Crippen LogP contribution >= 0.6 is 0 Å². The van der Waals surface area contributed by atoms with Gasteiger partial charge in [-0.1, -0.05) is 25.8 Å². The van der Waals surface area contributed by atoms with Crippen LogP contribution in [0.15, 0.2) is 36.5 Å². The van der Waals surface area contributed by atoms with Gasteiger partial charge in [0.1, 0.15) is 23.9 Å². The maximum atomic E-state index is 13.9. The molecule has 2 heterocycles. The molecule has 1 atom stereocenters. The van der Waals surface area contributed by atoms with E-state index in [1.54, 1.807) is 29.7 Å². The lowest BCUT2D eigenvalue weighted by molar-refractivity contribution is 0.0953. The quantitative estimate of drug-likeness (QED) is 0.481. The lowest BCUT2D eigenvalue weighted by Gasteiger charge is -2.13. The third kappa shape index (κ3) is 4.67. The molecule has 0 aliphatic carbocycles. The van der Waals surface area contributed by atoms with E-state index in [1.165, 1.54) is 18.2 Å². The number of unbranched alkanes of at least 4 members (excludes halogenated alkanes) is 1. The Labute approximate surface area is 174 Å². The number of imidazole rings is 1. The number of carbonyl (C=O) groups excluding carboxylic acids is 1. The van der Waals surface area contributed by atoms with Crippen LogP contribution in [0, 0.1) is 24.5 Å². The Morgan fingerprint density at radius 3 is 2.63 bits per heavy atom. The second kappa shape index (κ2) is 9.80. The predicted molar refractivity (Wildman–Crippen MR) is 112 cm³/mol. The topological polar surface area (TPSA) is 69.6 Å². The van der Waals surface area contributed by atoms with Crippen LogP contribution in [0.5, 0.6) is 5.75 Å². The first-order chi connectivity index (χ1) is 14.5. The second-order valence-electron chi connectivity index (χ2n) is 7.47. The number of hydrogen-bond donors (Lipinski definition) is 1. The summed E-state index contributed by atoms with van der Waals surface area (Å²) in [6.07, 6.45) is 5.10. The molecule has 2 aromatic heterocycles. The maximum Gasteiger partial charge on any atom is 0.181 e. The number of nitrogens with zero attached hydrogens (tertiary/aromatic N) is 2. The third-order valence-corrected chi connectivity index (χ3v) is 5.26. The molecule has 0 fully saturated rings. The van der Waals surface area contributed by atoms with Crippen molar-refractivity contribution in [2.24, 2.45) is 11.7 Å². The van der Waals surface area contributed by atoms with Gasteiger partial charge >= 0.3 is 0 Å². The smallest absolute Gasteiger partial charge is 0.181 e. The zero-order chi connectivity index (χ0) is 21.7. The van der Waals surface area contributed by atoms with Crippen molar-refractivity contribution in [3.05, 3.63) is 65.1 Å². The van der Waals surface area contributed by atoms with Crippen molar-refractivity contribution in [1.82, 2.24) is 9.38 Å². The number of halogens is 2. The average molecular weight is 415 g/mol. The van der Waals surface area contributed by atoms with Crippen LogP contribution in [-0.4, -0.2) is 21.7 Å². The highest BCUT2D eigenvalue weighted by Gasteiger charge is 2.22. The minimum absolute atomic E-state index is 0.0242. The number of Topliss-reactive ketones (excluding diaryl/α,β-unsaturated/α-hetero) is 1. The molecule has 30 heavy (non-hydrogen) atoms. The number of pyridine rings is 1. The van der Waals surface area contributed by atoms with E-state index in [1.807, 2.05) is 0 Å². The summed E-state index contributed by atoms with van der Waals surface area (Å²) in [7, 11) is 0. The minimum atomic E-state index is -0.669. The first kappa shape index (κ1) is 21.9. The van der Waals surface area contributed by atoms with E-state index in [2.05, 4.69) is 11.9 Å². The highest BCUT2D eigenvalue weighted by molar-refractivity contribution is 5.96. The molecule has 0 unspecified atom stereocenters. The Hall–Kier alpha value is -2.80. The number of nitrogens with two attached hydrogens (primary N) is 1. The molecule has 0 amide bonds. The van der Waals surface area contributed by atoms with E-state index in [-0.39, 0.29) is 23.9 Å². The number of hydrogen-bond acceptors (Lipinski definition) is 4. The van der Waals surface area contributed by atoms with Crippen molar-refractivity contribution in [2.45, 2.75) is 46.1 Å². The molecular formula is C23H27F2N3O2. The van der Waals surface area contributed by atoms with Crippen LogP contribution in [-0.2, 0) is 6.61 Å². The fourth-order valence-electron chi connectivity index (χ4n) is 3.58. The highest BCUT2D eigenvalue weighted by atomic mass is 19.1. The van der Waals surface area contributed by atoms with Gasteiger partial charge in [-0.25, -0.2) is 13.8 Å². The molecule has 7 heteroatoms. The number of aromatic nitrogens is 2. The van der Waals surface area contributed by atoms with Gasteiger partial charge in [0.25, 0.3) is 0 Å². The van der Waals surface area contributed by atoms with E-state index >= 15 is 0 Å². The highest BCUT2D eigenvalue weighted by Crippen LogP contribution is 2.26. The largest absolute Gasteiger partial charge is 0.485 e. The molecule has 3 aromatic rings. The van der Waals surface area contributed by atoms with E-state index in [9.17, 15) is 13.6 Å². The molecule has 160 valence electrons. The molecule has 0 spiro atoms. The molecule has 1 aromatic carbocycles. The zero-order valence-corrected chi connectivity index (χ0v) is 17.3. The third-order valence-electron chi connectivity index (χ3n) is 5.26. The molecule has 0 saturated heterocycles. The van der Waals surface area contributed by atoms with Gasteiger partial charge < -0.3 is 10.5 Å². The Morgan fingerprint density at radius 2 is 1.97 bits per heavy atom. The van der Waals surface area contributed by atoms with Crippen molar-refractivity contribution in [2.75, 3.05) is 6.54 Å². The van der Waals surface area contributed by atoms with Gasteiger partial charge in [0.2, 0.25) is 0 Å². The van der Waals surface area contributed by atoms with Gasteiger partial charge in [-0.05, 0) is 50.1 Å². The molecule has 0 aliphatic rings. The summed E-state index contributed by atoms with van der Waals surface area (Å²) >= 11 is 0. The van der Waals surface area contributed by atoms with Crippen molar-refractivity contribution in [3.8, 4) is 5.75 Å². The van der Waals surface area contributed by atoms with E-state index in [4.69, 9.17) is 10.5 Å². The van der Waals surface area contributed by atoms with Gasteiger partial charge in [0, 0.05) is 12.6 Å². The molecule has 5 nitrogen and oxygen atoms in total. The van der Waals surface area contributed by atoms with Crippen LogP contribution in [0.3, 0.4) is 0 Å². The molecule has 0 aliphatic heterocycles. The number of rotatable bonds is 10. The van der Waals surface area contributed by atoms with Gasteiger partial charge in [0.05, 0.1) is 11.3 Å². The van der Waals surface area contributed by atoms with Crippen molar-refractivity contribution < 1.29 is 18.3 Å². The van der Waals surface area contributed by atoms with Crippen LogP contribution in [0.25, 0.3) is 5.65 Å². The van der Waals surface area contributed by atoms with Crippen LogP contribution in [0.4, 0.5) is 8.78 Å². The summed E-state index contributed by atoms with van der Waals surface area (Å²) in [5.41, 5.74) is 7.21. The predicted octanol–water partition coefficient (Wildman–Crippen LogP) is 4.84. The summed E-state index contributed by atoms with van der Waals surface area (Å²) in [6.45, 7) is 4.06. The summed E-state index contributed by atoms with van der Waals surface area (Å²) in [5.74, 6) is -0.882. The standard InChI is InChI=1S/C23H27F2N3O2/c1-3-4-7-16(13-26)12-20(29)22-15(2)27-23-21(10-6-11-28(22)23)30-14-17-18(24)8-5-9-19(17)25/h5-6,8-11,16H,3-4,7,12-14,26H2,1-2H3/t16-/m0/s1. The van der Waals surface area contributed by atoms with Crippen molar-refractivity contribution in [1.29, 1.82) is 0 Å². The minimum Gasteiger partial charge on any atom is -0.485 e. The van der Waals surface area contributed by atoms with Gasteiger partial charge in [-0.15, -0.1) is 0 Å². The second-order valence-corrected chi connectivity index (χ2v) is 7.47. The Balaban J connectivity index is 1.85. The number of carbonyl (C=O) groups is 1. The fraction of sp³-hybridized carbons (Fsp3) is 0.391. The van der Waals surface area contributed by atoms with Crippen molar-refractivity contribution in [3.63, 3.8) is 0 Å². The Bertz CT molecular complexity index is 1010. The summed E-state index contributed by atoms with van der Waals surface area (Å²) in [5, 5.41) is 0. The van der Waals surface area contributed by atoms with Crippen molar-refractivity contribution >= 4 is 11.4 Å². The van der Waals surface area contributed by atoms with Crippen LogP contribution in [0.2, 0.25) is 0 Å². The molecule has 3 rings (SSSR count). The normalized spacial score (nSPS) is 12.3. The summed E-state index contributed by atoms with van der Waals surface area (Å²) < 4.78 is 35.1. The van der Waals surface area contributed by atoms with E-state index in [0.29, 0.717) is 35.8 Å². The summed E-state index contributed by atoms with van der Waals surface area (Å²) in [4.78, 5) is 17.5. The van der Waals surface area contributed by atoms with Crippen LogP contribution < -0.4 is 10.5 Å². The Morgan fingerprint density at radius 1 is 1.23 bits per heavy atom. The number of benzene rings is 1. The number of fused-ring (bicyclic) bond motifs is 1. The van der Waals surface area contributed by atoms with Gasteiger partial charge in [-0.3, -0.25) is 9.20 Å². The molecule has 0 radical (unpaired) electrons. The first-order valence-electron chi connectivity index (χ1n) is 10.2. The first-order valence-corrected chi connectivity index (χ1v) is 10.2. The monoisotopic (exact) mass is 415 g/mol. The number of ether oxygens (including phenoxy) is 1. The van der Waals surface area contributed by atoms with Gasteiger partial charge in [-0.2, -0.15) is 0 Å². The molecule has 0 bridgehead atoms. The van der Waals surface area contributed by atoms with Crippen LogP contribution in [0.1, 0.15) is 54.4 Å². The fourth-order valence-corrected chi connectivity index (χ4v) is 3.58. The zero-order valence-electron chi connectivity index (χ0n) is 17.3. The van der Waals surface area contributed by atoms with E-state index in [0.717, 1.165) is 19.3 Å². The summed E-state index contributed by atoms with van der Waals surface area (Å²) in [6, 6.07) is 7.06. The number of ketones is 1. The number of aryl methyl sites for hydroxylation is 1. The molecule has 0 saturated carbocycles. The van der Waals surface area contributed by atoms with Gasteiger partial charge in [0.15, 0.2) is 17.2 Å². The SMILES string of the molecule is CCCC[C@H](CN)CC(=O)c1c(C)nc2c(OCc3c(F)cccc3F)cccn12. The maximum absolute atomic E-state index is 13.9. The Kier molecular flexibility index (Phi) is 7.15. The lowest BCUT2D eigenvalue weighted by Crippen LogP contribution is -2.19. The average Bonchev–Trinajstić information content (AvgIpc) is 3.07. The molecule has 2 N–H and O–H groups in total. The molecular weight excluding hydrogens is 388 g/mol. The van der Waals surface area contributed by atoms with E-state index < -0.39 is 11.6 Å². The lowest BCUT2D eigenvalue weighted by atomic mass is 9.95.